The number of rotatable bonds is 3. The molecular formula is C11H11BrN2O3. The van der Waals surface area contributed by atoms with Crippen molar-refractivity contribution in [3.05, 3.63) is 28.7 Å². The minimum Gasteiger partial charge on any atom is -0.408 e. The highest BCUT2D eigenvalue weighted by atomic mass is 79.9. The number of H-pyrrole nitrogens is 1. The molecule has 1 heterocycles. The highest BCUT2D eigenvalue weighted by molar-refractivity contribution is 9.10. The maximum atomic E-state index is 11.6. The standard InChI is InChI=1S/C11H11BrN2O3/c1-2-7(12)10(15)13-6-3-4-9-8(5-6)14-11(16)17-9/h3-5,7H,2H2,1H3,(H,13,15)(H,14,16). The molecule has 17 heavy (non-hydrogen) atoms. The van der Waals surface area contributed by atoms with E-state index in [-0.39, 0.29) is 10.7 Å². The van der Waals surface area contributed by atoms with Gasteiger partial charge in [-0.1, -0.05) is 22.9 Å². The van der Waals surface area contributed by atoms with E-state index in [1.54, 1.807) is 18.2 Å². The summed E-state index contributed by atoms with van der Waals surface area (Å²) in [5.41, 5.74) is 1.66. The van der Waals surface area contributed by atoms with Crippen molar-refractivity contribution in [3.8, 4) is 0 Å². The van der Waals surface area contributed by atoms with Gasteiger partial charge in [-0.3, -0.25) is 9.78 Å². The number of hydrogen-bond donors (Lipinski definition) is 2. The molecule has 0 saturated heterocycles. The molecule has 1 aromatic carbocycles. The van der Waals surface area contributed by atoms with Crippen LogP contribution < -0.4 is 11.1 Å². The lowest BCUT2D eigenvalue weighted by Gasteiger charge is -2.08. The van der Waals surface area contributed by atoms with Crippen molar-refractivity contribution in [2.24, 2.45) is 0 Å². The molecule has 0 saturated carbocycles. The van der Waals surface area contributed by atoms with Crippen LogP contribution in [0, 0.1) is 0 Å². The minimum absolute atomic E-state index is 0.113. The van der Waals surface area contributed by atoms with Crippen molar-refractivity contribution in [1.29, 1.82) is 0 Å². The Hall–Kier alpha value is -1.56. The van der Waals surface area contributed by atoms with Gasteiger partial charge >= 0.3 is 5.76 Å². The van der Waals surface area contributed by atoms with Crippen molar-refractivity contribution in [2.75, 3.05) is 5.32 Å². The lowest BCUT2D eigenvalue weighted by molar-refractivity contribution is -0.115. The largest absolute Gasteiger partial charge is 0.417 e. The van der Waals surface area contributed by atoms with Crippen molar-refractivity contribution >= 4 is 38.6 Å². The molecule has 0 aliphatic rings. The summed E-state index contributed by atoms with van der Waals surface area (Å²) in [7, 11) is 0. The Morgan fingerprint density at radius 3 is 3.06 bits per heavy atom. The zero-order valence-electron chi connectivity index (χ0n) is 9.12. The van der Waals surface area contributed by atoms with Crippen molar-refractivity contribution in [1.82, 2.24) is 4.98 Å². The van der Waals surface area contributed by atoms with Crippen LogP contribution in [0.1, 0.15) is 13.3 Å². The summed E-state index contributed by atoms with van der Waals surface area (Å²) in [6.45, 7) is 1.91. The molecule has 0 spiro atoms. The second-order valence-electron chi connectivity index (χ2n) is 3.59. The first-order valence-corrected chi connectivity index (χ1v) is 6.09. The summed E-state index contributed by atoms with van der Waals surface area (Å²) in [5.74, 6) is -0.618. The SMILES string of the molecule is CCC(Br)C(=O)Nc1ccc2oc(=O)[nH]c2c1. The number of carbonyl (C=O) groups is 1. The Balaban J connectivity index is 2.24. The Kier molecular flexibility index (Phi) is 3.33. The average molecular weight is 299 g/mol. The lowest BCUT2D eigenvalue weighted by Crippen LogP contribution is -2.21. The Morgan fingerprint density at radius 1 is 1.59 bits per heavy atom. The molecule has 6 heteroatoms. The third kappa shape index (κ3) is 2.58. The van der Waals surface area contributed by atoms with Crippen molar-refractivity contribution in [3.63, 3.8) is 0 Å². The molecule has 90 valence electrons. The zero-order valence-corrected chi connectivity index (χ0v) is 10.7. The first-order chi connectivity index (χ1) is 8.10. The number of fused-ring (bicyclic) bond motifs is 1. The van der Waals surface area contributed by atoms with Crippen LogP contribution in [0.5, 0.6) is 0 Å². The molecule has 0 bridgehead atoms. The van der Waals surface area contributed by atoms with E-state index in [0.29, 0.717) is 23.2 Å². The zero-order chi connectivity index (χ0) is 12.4. The second kappa shape index (κ2) is 4.75. The maximum absolute atomic E-state index is 11.6. The van der Waals surface area contributed by atoms with Crippen LogP contribution in [0.25, 0.3) is 11.1 Å². The molecule has 2 rings (SSSR count). The number of halogens is 1. The average Bonchev–Trinajstić information content (AvgIpc) is 2.67. The number of oxazole rings is 1. The van der Waals surface area contributed by atoms with E-state index in [1.165, 1.54) is 0 Å². The first kappa shape index (κ1) is 11.9. The summed E-state index contributed by atoms with van der Waals surface area (Å²) < 4.78 is 4.86. The summed E-state index contributed by atoms with van der Waals surface area (Å²) >= 11 is 3.27. The normalized spacial score (nSPS) is 12.6. The highest BCUT2D eigenvalue weighted by Crippen LogP contribution is 2.17. The number of hydrogen-bond acceptors (Lipinski definition) is 3. The minimum atomic E-state index is -0.504. The van der Waals surface area contributed by atoms with Gasteiger partial charge < -0.3 is 9.73 Å². The first-order valence-electron chi connectivity index (χ1n) is 5.18. The van der Waals surface area contributed by atoms with Gasteiger partial charge in [0.15, 0.2) is 5.58 Å². The van der Waals surface area contributed by atoms with E-state index in [4.69, 9.17) is 4.42 Å². The number of alkyl halides is 1. The van der Waals surface area contributed by atoms with Gasteiger partial charge in [-0.2, -0.15) is 0 Å². The van der Waals surface area contributed by atoms with Crippen LogP contribution >= 0.6 is 15.9 Å². The Labute approximate surface area is 105 Å². The molecule has 1 amide bonds. The fraction of sp³-hybridized carbons (Fsp3) is 0.273. The van der Waals surface area contributed by atoms with E-state index < -0.39 is 5.76 Å². The number of benzene rings is 1. The fourth-order valence-electron chi connectivity index (χ4n) is 1.44. The monoisotopic (exact) mass is 298 g/mol. The van der Waals surface area contributed by atoms with Gasteiger partial charge in [0.05, 0.1) is 10.3 Å². The van der Waals surface area contributed by atoms with E-state index in [9.17, 15) is 9.59 Å². The fourth-order valence-corrected chi connectivity index (χ4v) is 1.55. The van der Waals surface area contributed by atoms with Crippen LogP contribution in [0.2, 0.25) is 0 Å². The van der Waals surface area contributed by atoms with Crippen LogP contribution in [-0.2, 0) is 4.79 Å². The maximum Gasteiger partial charge on any atom is 0.417 e. The molecule has 1 aromatic heterocycles. The van der Waals surface area contributed by atoms with Gasteiger partial charge in [0.25, 0.3) is 0 Å². The molecular weight excluding hydrogens is 288 g/mol. The smallest absolute Gasteiger partial charge is 0.408 e. The van der Waals surface area contributed by atoms with Gasteiger partial charge in [-0.25, -0.2) is 4.79 Å². The van der Waals surface area contributed by atoms with Crippen LogP contribution in [-0.4, -0.2) is 15.7 Å². The summed E-state index contributed by atoms with van der Waals surface area (Å²) in [4.78, 5) is 24.9. The van der Waals surface area contributed by atoms with Gasteiger partial charge in [0.1, 0.15) is 0 Å². The lowest BCUT2D eigenvalue weighted by atomic mass is 10.2. The highest BCUT2D eigenvalue weighted by Gasteiger charge is 2.12. The summed E-state index contributed by atoms with van der Waals surface area (Å²) in [6, 6.07) is 4.98. The summed E-state index contributed by atoms with van der Waals surface area (Å²) in [5, 5.41) is 2.74. The third-order valence-corrected chi connectivity index (χ3v) is 3.39. The molecule has 5 nitrogen and oxygen atoms in total. The molecule has 1 atom stereocenters. The van der Waals surface area contributed by atoms with Crippen LogP contribution in [0.4, 0.5) is 5.69 Å². The molecule has 1 unspecified atom stereocenters. The second-order valence-corrected chi connectivity index (χ2v) is 4.70. The molecule has 2 N–H and O–H groups in total. The van der Waals surface area contributed by atoms with Gasteiger partial charge in [0.2, 0.25) is 5.91 Å². The number of aromatic amines is 1. The number of carbonyl (C=O) groups excluding carboxylic acids is 1. The van der Waals surface area contributed by atoms with Crippen LogP contribution in [0.3, 0.4) is 0 Å². The Bertz CT molecular complexity index is 602. The van der Waals surface area contributed by atoms with Gasteiger partial charge in [0, 0.05) is 5.69 Å². The quantitative estimate of drug-likeness (QED) is 0.853. The predicted octanol–water partition coefficient (Wildman–Crippen LogP) is 2.23. The van der Waals surface area contributed by atoms with Gasteiger partial charge in [-0.15, -0.1) is 0 Å². The van der Waals surface area contributed by atoms with Crippen molar-refractivity contribution in [2.45, 2.75) is 18.2 Å². The predicted molar refractivity (Wildman–Crippen MR) is 68.5 cm³/mol. The number of anilines is 1. The van der Waals surface area contributed by atoms with E-state index in [1.807, 2.05) is 6.92 Å². The number of aromatic nitrogens is 1. The van der Waals surface area contributed by atoms with Crippen LogP contribution in [0.15, 0.2) is 27.4 Å². The number of amides is 1. The third-order valence-electron chi connectivity index (χ3n) is 2.33. The molecule has 0 aliphatic carbocycles. The molecule has 2 aromatic rings. The van der Waals surface area contributed by atoms with E-state index in [0.717, 1.165) is 0 Å². The molecule has 0 fully saturated rings. The molecule has 0 aliphatic heterocycles. The van der Waals surface area contributed by atoms with E-state index >= 15 is 0 Å². The number of nitrogens with one attached hydrogen (secondary N) is 2. The van der Waals surface area contributed by atoms with Crippen molar-refractivity contribution < 1.29 is 9.21 Å². The van der Waals surface area contributed by atoms with E-state index in [2.05, 4.69) is 26.2 Å². The molecule has 0 radical (unpaired) electrons. The Morgan fingerprint density at radius 2 is 2.35 bits per heavy atom. The van der Waals surface area contributed by atoms with Gasteiger partial charge in [-0.05, 0) is 24.6 Å². The topological polar surface area (TPSA) is 75.1 Å². The summed E-state index contributed by atoms with van der Waals surface area (Å²) in [6.07, 6.45) is 0.705.